The molecule has 1 aliphatic heterocycles. The summed E-state index contributed by atoms with van der Waals surface area (Å²) in [7, 11) is 3.01. The van der Waals surface area contributed by atoms with Crippen LogP contribution in [-0.4, -0.2) is 145 Å². The lowest BCUT2D eigenvalue weighted by molar-refractivity contribution is -0.140. The number of alkyl halides is 6. The third-order valence-corrected chi connectivity index (χ3v) is 15.6. The number of hydrogen-bond acceptors (Lipinski definition) is 11. The van der Waals surface area contributed by atoms with Crippen molar-refractivity contribution in [1.82, 2.24) is 25.0 Å². The summed E-state index contributed by atoms with van der Waals surface area (Å²) in [5.41, 5.74) is 4.91. The Morgan fingerprint density at radius 3 is 2.12 bits per heavy atom. The summed E-state index contributed by atoms with van der Waals surface area (Å²) >= 11 is 6.41. The highest BCUT2D eigenvalue weighted by atomic mass is 35.5. The van der Waals surface area contributed by atoms with Gasteiger partial charge in [0, 0.05) is 81.5 Å². The van der Waals surface area contributed by atoms with Crippen molar-refractivity contribution >= 4 is 45.7 Å². The smallest absolute Gasteiger partial charge is 0.417 e. The molecule has 14 nitrogen and oxygen atoms in total. The van der Waals surface area contributed by atoms with Gasteiger partial charge < -0.3 is 54.4 Å². The number of anilines is 2. The van der Waals surface area contributed by atoms with Gasteiger partial charge in [-0.15, -0.1) is 0 Å². The third kappa shape index (κ3) is 20.9. The molecule has 89 heavy (non-hydrogen) atoms. The van der Waals surface area contributed by atoms with E-state index < -0.39 is 24.5 Å². The van der Waals surface area contributed by atoms with Crippen molar-refractivity contribution in [3.8, 4) is 23.3 Å². The number of aromatic nitrogens is 1. The van der Waals surface area contributed by atoms with Crippen LogP contribution >= 0.6 is 11.6 Å². The van der Waals surface area contributed by atoms with Gasteiger partial charge in [0.05, 0.1) is 93.8 Å². The molecule has 0 spiro atoms. The van der Waals surface area contributed by atoms with Gasteiger partial charge in [0.25, 0.3) is 5.91 Å². The SMILES string of the molecule is CNC(=O)c1ccc(NCC#Cc2cc3c(NC4CCN(CCOCCOCCOCCNC(=O)Cc5cccc(OCCCN(Cc6cccc(C(F)(F)F)c6Cl)CC(c6ccccc6)c6ccccc6)c5)CC4)cccc3n2CC(F)(F)F)c(OC)c1. The predicted octanol–water partition coefficient (Wildman–Crippen LogP) is 12.1. The zero-order valence-corrected chi connectivity index (χ0v) is 50.8. The molecule has 474 valence electrons. The molecule has 0 unspecified atom stereocenters. The van der Waals surface area contributed by atoms with E-state index in [0.29, 0.717) is 112 Å². The van der Waals surface area contributed by atoms with Crippen LogP contribution in [0.2, 0.25) is 5.02 Å². The van der Waals surface area contributed by atoms with Gasteiger partial charge in [0.15, 0.2) is 0 Å². The maximum Gasteiger partial charge on any atom is 0.417 e. The molecule has 0 bridgehead atoms. The van der Waals surface area contributed by atoms with E-state index in [0.717, 1.165) is 60.9 Å². The number of carbonyl (C=O) groups is 2. The van der Waals surface area contributed by atoms with Crippen LogP contribution in [-0.2, 0) is 44.7 Å². The maximum absolute atomic E-state index is 13.9. The molecule has 1 saturated heterocycles. The fourth-order valence-corrected chi connectivity index (χ4v) is 11.0. The number of carbonyl (C=O) groups excluding carboxylic acids is 2. The van der Waals surface area contributed by atoms with Gasteiger partial charge >= 0.3 is 12.4 Å². The Hall–Kier alpha value is -7.77. The number of ether oxygens (including phenoxy) is 5. The Morgan fingerprint density at radius 2 is 1.44 bits per heavy atom. The van der Waals surface area contributed by atoms with Crippen LogP contribution in [0.15, 0.2) is 146 Å². The molecule has 0 aliphatic carbocycles. The third-order valence-electron chi connectivity index (χ3n) is 15.1. The molecule has 21 heteroatoms. The Bertz CT molecular complexity index is 3390. The normalized spacial score (nSPS) is 13.1. The van der Waals surface area contributed by atoms with Gasteiger partial charge in [-0.1, -0.05) is 109 Å². The van der Waals surface area contributed by atoms with Crippen molar-refractivity contribution in [3.63, 3.8) is 0 Å². The average Bonchev–Trinajstić information content (AvgIpc) is 2.29. The lowest BCUT2D eigenvalue weighted by Crippen LogP contribution is -2.40. The number of nitrogens with one attached hydrogen (secondary N) is 4. The number of fused-ring (bicyclic) bond motifs is 1. The molecule has 0 saturated carbocycles. The van der Waals surface area contributed by atoms with Crippen LogP contribution in [0.3, 0.4) is 0 Å². The average molecular weight is 1250 g/mol. The predicted molar refractivity (Wildman–Crippen MR) is 335 cm³/mol. The fraction of sp³-hybridized carbons (Fsp3) is 0.382. The van der Waals surface area contributed by atoms with E-state index in [1.54, 1.807) is 42.5 Å². The summed E-state index contributed by atoms with van der Waals surface area (Å²) in [5, 5.41) is 12.5. The highest BCUT2D eigenvalue weighted by Crippen LogP contribution is 2.38. The van der Waals surface area contributed by atoms with Gasteiger partial charge in [0.1, 0.15) is 18.0 Å². The molecule has 8 rings (SSSR count). The van der Waals surface area contributed by atoms with E-state index in [4.69, 9.17) is 35.3 Å². The van der Waals surface area contributed by atoms with Gasteiger partial charge in [-0.3, -0.25) is 14.5 Å². The summed E-state index contributed by atoms with van der Waals surface area (Å²) in [4.78, 5) is 29.4. The summed E-state index contributed by atoms with van der Waals surface area (Å²) in [6.07, 6.45) is -6.64. The zero-order valence-electron chi connectivity index (χ0n) is 50.0. The molecule has 0 radical (unpaired) electrons. The number of halogens is 7. The Labute approximate surface area is 521 Å². The minimum atomic E-state index is -4.58. The molecule has 1 aromatic heterocycles. The van der Waals surface area contributed by atoms with Gasteiger partial charge in [-0.25, -0.2) is 0 Å². The lowest BCUT2D eigenvalue weighted by Gasteiger charge is -2.32. The van der Waals surface area contributed by atoms with Gasteiger partial charge in [0.2, 0.25) is 5.91 Å². The summed E-state index contributed by atoms with van der Waals surface area (Å²) < 4.78 is 113. The summed E-state index contributed by atoms with van der Waals surface area (Å²) in [6.45, 7) is 5.66. The number of nitrogens with zero attached hydrogens (tertiary/aromatic N) is 3. The second-order valence-corrected chi connectivity index (χ2v) is 21.9. The molecule has 1 aliphatic rings. The number of likely N-dealkylation sites (tertiary alicyclic amines) is 1. The first-order valence-corrected chi connectivity index (χ1v) is 30.1. The van der Waals surface area contributed by atoms with Crippen LogP contribution in [0.4, 0.5) is 37.7 Å². The van der Waals surface area contributed by atoms with Crippen molar-refractivity contribution < 1.29 is 59.6 Å². The van der Waals surface area contributed by atoms with Crippen molar-refractivity contribution in [2.45, 2.75) is 63.1 Å². The minimum absolute atomic E-state index is 0.0546. The molecule has 1 fully saturated rings. The quantitative estimate of drug-likeness (QED) is 0.0182. The standard InChI is InChI=1S/C68H76ClF6N7O7/c1-76-66(84)52-25-26-61(63(44-52)85-2)77-29-12-20-55-45-57-60(23-11-24-62(57)82(55)48-67(70,71)72)79-54-27-32-80(33-28-54)34-37-87-39-41-88-40-38-86-36-30-78-64(83)43-49-14-9-21-56(42-49)89-35-13-31-81(46-53-19-10-22-59(65(53)69)68(73,74)75)47-58(50-15-5-3-6-16-50)51-17-7-4-8-18-51/h3-11,14-19,21-26,42,44-45,54,58,77,79H,13,27-41,43,46-48H2,1-2H3,(H,76,84)(H,78,83). The molecule has 7 aromatic rings. The number of benzene rings is 6. The molecule has 6 aromatic carbocycles. The summed E-state index contributed by atoms with van der Waals surface area (Å²) in [6, 6.07) is 43.5. The maximum atomic E-state index is 13.9. The van der Waals surface area contributed by atoms with Crippen LogP contribution in [0, 0.1) is 11.8 Å². The van der Waals surface area contributed by atoms with E-state index in [-0.39, 0.29) is 54.0 Å². The van der Waals surface area contributed by atoms with Crippen LogP contribution in [0.25, 0.3) is 10.9 Å². The van der Waals surface area contributed by atoms with Crippen molar-refractivity contribution in [1.29, 1.82) is 0 Å². The van der Waals surface area contributed by atoms with E-state index >= 15 is 0 Å². The second-order valence-electron chi connectivity index (χ2n) is 21.5. The zero-order chi connectivity index (χ0) is 63.0. The monoisotopic (exact) mass is 1250 g/mol. The molecule has 2 amide bonds. The molecule has 2 heterocycles. The summed E-state index contributed by atoms with van der Waals surface area (Å²) in [5.74, 6) is 6.44. The van der Waals surface area contributed by atoms with Crippen molar-refractivity contribution in [2.75, 3.05) is 117 Å². The first-order valence-electron chi connectivity index (χ1n) is 29.7. The Balaban J connectivity index is 0.684. The number of piperidine rings is 1. The Kier molecular flexibility index (Phi) is 25.4. The van der Waals surface area contributed by atoms with E-state index in [9.17, 15) is 35.9 Å². The minimum Gasteiger partial charge on any atom is -0.495 e. The van der Waals surface area contributed by atoms with Crippen LogP contribution < -0.4 is 30.7 Å². The van der Waals surface area contributed by atoms with Crippen LogP contribution in [0.1, 0.15) is 69.0 Å². The van der Waals surface area contributed by atoms with Crippen LogP contribution in [0.5, 0.6) is 11.5 Å². The van der Waals surface area contributed by atoms with E-state index in [1.165, 1.54) is 24.8 Å². The van der Waals surface area contributed by atoms with E-state index in [2.05, 4.69) is 67.2 Å². The topological polar surface area (TPSA) is 140 Å². The largest absolute Gasteiger partial charge is 0.495 e. The number of rotatable bonds is 32. The molecular formula is C68H76ClF6N7O7. The number of amides is 2. The first kappa shape index (κ1) is 67.2. The second kappa shape index (κ2) is 33.7. The molecule has 0 atom stereocenters. The van der Waals surface area contributed by atoms with Gasteiger partial charge in [-0.05, 0) is 102 Å². The molecule has 4 N–H and O–H groups in total. The number of methoxy groups -OCH3 is 1. The highest BCUT2D eigenvalue weighted by Gasteiger charge is 2.34. The molecular weight excluding hydrogens is 1180 g/mol. The highest BCUT2D eigenvalue weighted by molar-refractivity contribution is 6.32. The van der Waals surface area contributed by atoms with Crippen molar-refractivity contribution in [3.05, 3.63) is 190 Å². The first-order chi connectivity index (χ1) is 43.0. The van der Waals surface area contributed by atoms with Crippen molar-refractivity contribution in [2.24, 2.45) is 0 Å². The lowest BCUT2D eigenvalue weighted by atomic mass is 9.90. The number of hydrogen-bond donors (Lipinski definition) is 4. The van der Waals surface area contributed by atoms with E-state index in [1.807, 2.05) is 66.7 Å². The Morgan fingerprint density at radius 1 is 0.753 bits per heavy atom. The van der Waals surface area contributed by atoms with Gasteiger partial charge in [-0.2, -0.15) is 26.3 Å². The fourth-order valence-electron chi connectivity index (χ4n) is 10.7.